The van der Waals surface area contributed by atoms with Gasteiger partial charge in [-0.05, 0) is 57.4 Å². The van der Waals surface area contributed by atoms with Crippen molar-refractivity contribution in [3.05, 3.63) is 24.3 Å². The monoisotopic (exact) mass is 406 g/mol. The number of thiocarbonyl (C=S) groups is 1. The van der Waals surface area contributed by atoms with Crippen LogP contribution in [0.4, 0.5) is 18.9 Å². The maximum atomic E-state index is 12.1. The molecular weight excluding hydrogens is 385 g/mol. The molecule has 0 spiro atoms. The normalized spacial score (nSPS) is 20.6. The van der Waals surface area contributed by atoms with Crippen LogP contribution in [0.1, 0.15) is 33.1 Å². The topological polar surface area (TPSA) is 41.6 Å². The number of hydrogen-bond acceptors (Lipinski definition) is 4. The van der Waals surface area contributed by atoms with Crippen molar-refractivity contribution in [1.82, 2.24) is 4.90 Å². The first kappa shape index (κ1) is 20.8. The lowest BCUT2D eigenvalue weighted by Gasteiger charge is -2.40. The molecule has 4 nitrogen and oxygen atoms in total. The summed E-state index contributed by atoms with van der Waals surface area (Å²) >= 11 is 6.77. The molecule has 0 radical (unpaired) electrons. The molecule has 1 aromatic rings. The van der Waals surface area contributed by atoms with E-state index in [9.17, 15) is 18.0 Å². The van der Waals surface area contributed by atoms with Crippen LogP contribution >= 0.6 is 24.0 Å². The lowest BCUT2D eigenvalue weighted by atomic mass is 9.99. The zero-order valence-electron chi connectivity index (χ0n) is 14.5. The van der Waals surface area contributed by atoms with E-state index in [1.807, 2.05) is 0 Å². The van der Waals surface area contributed by atoms with Gasteiger partial charge in [0.1, 0.15) is 10.1 Å². The van der Waals surface area contributed by atoms with Crippen LogP contribution in [0.5, 0.6) is 5.75 Å². The van der Waals surface area contributed by atoms with Crippen molar-refractivity contribution < 1.29 is 22.7 Å². The van der Waals surface area contributed by atoms with Gasteiger partial charge in [-0.2, -0.15) is 0 Å². The molecule has 0 aromatic heterocycles. The summed E-state index contributed by atoms with van der Waals surface area (Å²) in [7, 11) is 0. The molecule has 1 aliphatic heterocycles. The molecule has 1 N–H and O–H groups in total. The minimum Gasteiger partial charge on any atom is -0.406 e. The van der Waals surface area contributed by atoms with Crippen LogP contribution in [-0.2, 0) is 4.79 Å². The number of nitrogens with zero attached hydrogens (tertiary/aromatic N) is 1. The van der Waals surface area contributed by atoms with Crippen molar-refractivity contribution in [2.45, 2.75) is 51.6 Å². The second-order valence-electron chi connectivity index (χ2n) is 6.21. The zero-order valence-corrected chi connectivity index (χ0v) is 16.1. The number of carbonyl (C=O) groups excluding carboxylic acids is 1. The molecule has 9 heteroatoms. The molecule has 0 saturated carbocycles. The Morgan fingerprint density at radius 2 is 1.85 bits per heavy atom. The second-order valence-corrected chi connectivity index (χ2v) is 7.82. The van der Waals surface area contributed by atoms with Crippen molar-refractivity contribution in [3.8, 4) is 5.75 Å². The van der Waals surface area contributed by atoms with Crippen molar-refractivity contribution in [2.24, 2.45) is 0 Å². The average molecular weight is 406 g/mol. The standard InChI is InChI=1S/C17H21F3N2O2S2/c1-11-4-3-5-12(2)22(11)16(25)26-10-15(23)21-13-6-8-14(9-7-13)24-17(18,19)20/h6-9,11-12H,3-5,10H2,1-2H3,(H,21,23)/t11-,12-/m1/s1. The van der Waals surface area contributed by atoms with Gasteiger partial charge in [-0.25, -0.2) is 0 Å². The number of nitrogens with one attached hydrogen (secondary N) is 1. The Morgan fingerprint density at radius 1 is 1.27 bits per heavy atom. The maximum absolute atomic E-state index is 12.1. The highest BCUT2D eigenvalue weighted by Crippen LogP contribution is 2.27. The lowest BCUT2D eigenvalue weighted by Crippen LogP contribution is -2.45. The summed E-state index contributed by atoms with van der Waals surface area (Å²) in [6.07, 6.45) is -1.38. The molecule has 2 atom stereocenters. The molecule has 1 fully saturated rings. The average Bonchev–Trinajstić information content (AvgIpc) is 2.53. The Kier molecular flexibility index (Phi) is 7.16. The highest BCUT2D eigenvalue weighted by atomic mass is 32.2. The van der Waals surface area contributed by atoms with Gasteiger partial charge in [-0.15, -0.1) is 13.2 Å². The third kappa shape index (κ3) is 6.35. The number of alkyl halides is 3. The van der Waals surface area contributed by atoms with Crippen LogP contribution in [0.3, 0.4) is 0 Å². The van der Waals surface area contributed by atoms with E-state index in [0.29, 0.717) is 22.1 Å². The van der Waals surface area contributed by atoms with Gasteiger partial charge < -0.3 is 15.0 Å². The molecule has 1 aromatic carbocycles. The molecule has 2 rings (SSSR count). The number of hydrogen-bond donors (Lipinski definition) is 1. The van der Waals surface area contributed by atoms with E-state index < -0.39 is 6.36 Å². The number of thioether (sulfide) groups is 1. The first-order valence-electron chi connectivity index (χ1n) is 8.26. The summed E-state index contributed by atoms with van der Waals surface area (Å²) in [4.78, 5) is 14.2. The highest BCUT2D eigenvalue weighted by molar-refractivity contribution is 8.23. The van der Waals surface area contributed by atoms with Crippen molar-refractivity contribution in [2.75, 3.05) is 11.1 Å². The van der Waals surface area contributed by atoms with Gasteiger partial charge in [0.05, 0.1) is 5.75 Å². The number of likely N-dealkylation sites (tertiary alicyclic amines) is 1. The van der Waals surface area contributed by atoms with Gasteiger partial charge in [0, 0.05) is 17.8 Å². The van der Waals surface area contributed by atoms with E-state index in [4.69, 9.17) is 12.2 Å². The van der Waals surface area contributed by atoms with E-state index in [-0.39, 0.29) is 17.4 Å². The number of piperidine rings is 1. The smallest absolute Gasteiger partial charge is 0.406 e. The number of anilines is 1. The SMILES string of the molecule is C[C@@H]1CCC[C@@H](C)N1C(=S)SCC(=O)Nc1ccc(OC(F)(F)F)cc1. The molecule has 26 heavy (non-hydrogen) atoms. The summed E-state index contributed by atoms with van der Waals surface area (Å²) in [5, 5.41) is 2.64. The van der Waals surface area contributed by atoms with Gasteiger partial charge in [0.2, 0.25) is 5.91 Å². The predicted molar refractivity (Wildman–Crippen MR) is 101 cm³/mol. The number of ether oxygens (including phenoxy) is 1. The first-order chi connectivity index (χ1) is 12.2. The molecule has 1 saturated heterocycles. The van der Waals surface area contributed by atoms with Crippen molar-refractivity contribution >= 4 is 39.9 Å². The third-order valence-electron chi connectivity index (χ3n) is 4.10. The van der Waals surface area contributed by atoms with E-state index in [2.05, 4.69) is 28.8 Å². The Bertz CT molecular complexity index is 628. The zero-order chi connectivity index (χ0) is 19.3. The Labute approximate surface area is 160 Å². The van der Waals surface area contributed by atoms with Crippen molar-refractivity contribution in [3.63, 3.8) is 0 Å². The fraction of sp³-hybridized carbons (Fsp3) is 0.529. The molecule has 1 heterocycles. The van der Waals surface area contributed by atoms with Crippen LogP contribution in [-0.4, -0.2) is 39.3 Å². The van der Waals surface area contributed by atoms with E-state index in [0.717, 1.165) is 25.0 Å². The van der Waals surface area contributed by atoms with Gasteiger partial charge in [0.15, 0.2) is 0 Å². The quantitative estimate of drug-likeness (QED) is 0.727. The van der Waals surface area contributed by atoms with E-state index >= 15 is 0 Å². The van der Waals surface area contributed by atoms with E-state index in [1.54, 1.807) is 0 Å². The number of amides is 1. The predicted octanol–water partition coefficient (Wildman–Crippen LogP) is 4.80. The van der Waals surface area contributed by atoms with Crippen LogP contribution in [0.25, 0.3) is 0 Å². The fourth-order valence-electron chi connectivity index (χ4n) is 2.92. The van der Waals surface area contributed by atoms with E-state index in [1.165, 1.54) is 30.3 Å². The third-order valence-corrected chi connectivity index (χ3v) is 5.53. The Morgan fingerprint density at radius 3 is 2.38 bits per heavy atom. The van der Waals surface area contributed by atoms with Gasteiger partial charge in [-0.3, -0.25) is 4.79 Å². The van der Waals surface area contributed by atoms with Gasteiger partial charge >= 0.3 is 6.36 Å². The fourth-order valence-corrected chi connectivity index (χ4v) is 4.29. The Hall–Kier alpha value is -1.48. The molecule has 0 bridgehead atoms. The van der Waals surface area contributed by atoms with Gasteiger partial charge in [-0.1, -0.05) is 24.0 Å². The van der Waals surface area contributed by atoms with Crippen LogP contribution in [0.2, 0.25) is 0 Å². The summed E-state index contributed by atoms with van der Waals surface area (Å²) < 4.78 is 40.9. The summed E-state index contributed by atoms with van der Waals surface area (Å²) in [6.45, 7) is 4.26. The van der Waals surface area contributed by atoms with Crippen LogP contribution < -0.4 is 10.1 Å². The molecule has 1 aliphatic rings. The summed E-state index contributed by atoms with van der Waals surface area (Å²) in [5.74, 6) is -0.450. The minimum absolute atomic E-state index is 0.148. The van der Waals surface area contributed by atoms with Crippen LogP contribution in [0, 0.1) is 0 Å². The second kappa shape index (κ2) is 8.94. The van der Waals surface area contributed by atoms with Gasteiger partial charge in [0.25, 0.3) is 0 Å². The maximum Gasteiger partial charge on any atom is 0.573 e. The summed E-state index contributed by atoms with van der Waals surface area (Å²) in [6, 6.07) is 5.75. The number of benzene rings is 1. The summed E-state index contributed by atoms with van der Waals surface area (Å²) in [5.41, 5.74) is 0.399. The number of carbonyl (C=O) groups is 1. The molecule has 1 amide bonds. The number of rotatable bonds is 4. The molecular formula is C17H21F3N2O2S2. The largest absolute Gasteiger partial charge is 0.573 e. The number of halogens is 3. The molecule has 144 valence electrons. The lowest BCUT2D eigenvalue weighted by molar-refractivity contribution is -0.274. The molecule has 0 aliphatic carbocycles. The Balaban J connectivity index is 1.82. The highest BCUT2D eigenvalue weighted by Gasteiger charge is 2.31. The van der Waals surface area contributed by atoms with Crippen LogP contribution in [0.15, 0.2) is 24.3 Å². The van der Waals surface area contributed by atoms with Crippen molar-refractivity contribution in [1.29, 1.82) is 0 Å². The minimum atomic E-state index is -4.74. The first-order valence-corrected chi connectivity index (χ1v) is 9.66. The molecule has 0 unspecified atom stereocenters.